The van der Waals surface area contributed by atoms with Crippen molar-refractivity contribution in [2.24, 2.45) is 0 Å². The first kappa shape index (κ1) is 22.2. The van der Waals surface area contributed by atoms with Gasteiger partial charge in [-0.3, -0.25) is 0 Å². The number of rotatable bonds is 5. The Balaban J connectivity index is 1.38. The minimum absolute atomic E-state index is 0.159. The van der Waals surface area contributed by atoms with Crippen LogP contribution in [0.15, 0.2) is 36.5 Å². The molecule has 2 aliphatic heterocycles. The summed E-state index contributed by atoms with van der Waals surface area (Å²) in [7, 11) is 0. The molecule has 0 unspecified atom stereocenters. The molecule has 2 aliphatic rings. The molecule has 0 aliphatic carbocycles. The summed E-state index contributed by atoms with van der Waals surface area (Å²) >= 11 is 0. The number of hydrogen-bond donors (Lipinski definition) is 2. The standard InChI is InChI=1S/C22H26F3N5O2/c23-22(24,25)18-13-17(29-9-11-32-12-10-29)4-5-19(18)28-21(31)27-15-16-3-6-20(26-14-16)30-7-1-2-8-30/h3-6,13-14H,1-2,7-12,15H2,(H2,27,28,31). The molecule has 0 radical (unpaired) electrons. The van der Waals surface area contributed by atoms with E-state index in [1.807, 2.05) is 17.0 Å². The lowest BCUT2D eigenvalue weighted by Crippen LogP contribution is -2.36. The van der Waals surface area contributed by atoms with Crippen molar-refractivity contribution in [3.63, 3.8) is 0 Å². The van der Waals surface area contributed by atoms with Crippen LogP contribution in [-0.2, 0) is 17.5 Å². The van der Waals surface area contributed by atoms with E-state index in [4.69, 9.17) is 4.74 Å². The Morgan fingerprint density at radius 2 is 1.78 bits per heavy atom. The highest BCUT2D eigenvalue weighted by Gasteiger charge is 2.35. The second kappa shape index (κ2) is 9.64. The first-order chi connectivity index (χ1) is 15.4. The molecule has 0 spiro atoms. The van der Waals surface area contributed by atoms with Gasteiger partial charge in [0.1, 0.15) is 5.82 Å². The van der Waals surface area contributed by atoms with Crippen molar-refractivity contribution in [2.45, 2.75) is 25.6 Å². The van der Waals surface area contributed by atoms with Gasteiger partial charge in [0.15, 0.2) is 0 Å². The van der Waals surface area contributed by atoms with Crippen molar-refractivity contribution in [3.05, 3.63) is 47.7 Å². The molecule has 3 heterocycles. The van der Waals surface area contributed by atoms with Gasteiger partial charge in [0.2, 0.25) is 0 Å². The average Bonchev–Trinajstić information content (AvgIpc) is 3.33. The van der Waals surface area contributed by atoms with Crippen LogP contribution >= 0.6 is 0 Å². The highest BCUT2D eigenvalue weighted by molar-refractivity contribution is 5.90. The average molecular weight is 449 g/mol. The molecule has 2 aromatic rings. The maximum absolute atomic E-state index is 13.6. The summed E-state index contributed by atoms with van der Waals surface area (Å²) in [5, 5.41) is 4.93. The number of ether oxygens (including phenoxy) is 1. The van der Waals surface area contributed by atoms with E-state index in [1.54, 1.807) is 12.3 Å². The lowest BCUT2D eigenvalue weighted by molar-refractivity contribution is -0.136. The number of nitrogens with one attached hydrogen (secondary N) is 2. The van der Waals surface area contributed by atoms with Crippen LogP contribution in [0.5, 0.6) is 0 Å². The van der Waals surface area contributed by atoms with Crippen molar-refractivity contribution in [1.29, 1.82) is 0 Å². The number of aromatic nitrogens is 1. The predicted octanol–water partition coefficient (Wildman–Crippen LogP) is 3.86. The second-order valence-electron chi connectivity index (χ2n) is 7.85. The molecular formula is C22H26F3N5O2. The van der Waals surface area contributed by atoms with Crippen LogP contribution in [0.2, 0.25) is 0 Å². The Labute approximate surface area is 184 Å². The quantitative estimate of drug-likeness (QED) is 0.726. The van der Waals surface area contributed by atoms with Crippen LogP contribution in [0.25, 0.3) is 0 Å². The normalized spacial score (nSPS) is 16.8. The van der Waals surface area contributed by atoms with Gasteiger partial charge < -0.3 is 25.2 Å². The monoisotopic (exact) mass is 449 g/mol. The van der Waals surface area contributed by atoms with Gasteiger partial charge in [-0.1, -0.05) is 6.07 Å². The molecule has 2 amide bonds. The Kier molecular flexibility index (Phi) is 6.69. The lowest BCUT2D eigenvalue weighted by atomic mass is 10.1. The second-order valence-corrected chi connectivity index (χ2v) is 7.85. The zero-order valence-corrected chi connectivity index (χ0v) is 17.6. The van der Waals surface area contributed by atoms with Crippen molar-refractivity contribution in [2.75, 3.05) is 54.5 Å². The molecule has 2 N–H and O–H groups in total. The highest BCUT2D eigenvalue weighted by atomic mass is 19.4. The number of morpholine rings is 1. The van der Waals surface area contributed by atoms with E-state index in [-0.39, 0.29) is 12.2 Å². The van der Waals surface area contributed by atoms with Crippen LogP contribution in [0.4, 0.5) is 35.2 Å². The molecule has 2 fully saturated rings. The Hall–Kier alpha value is -3.01. The van der Waals surface area contributed by atoms with Crippen molar-refractivity contribution in [1.82, 2.24) is 10.3 Å². The van der Waals surface area contributed by atoms with Gasteiger partial charge in [0.25, 0.3) is 0 Å². The smallest absolute Gasteiger partial charge is 0.378 e. The van der Waals surface area contributed by atoms with E-state index in [1.165, 1.54) is 6.07 Å². The number of benzene rings is 1. The Morgan fingerprint density at radius 3 is 2.44 bits per heavy atom. The number of amides is 2. The molecular weight excluding hydrogens is 423 g/mol. The minimum atomic E-state index is -4.60. The van der Waals surface area contributed by atoms with Crippen LogP contribution in [0, 0.1) is 0 Å². The third-order valence-electron chi connectivity index (χ3n) is 5.63. The van der Waals surface area contributed by atoms with Gasteiger partial charge in [-0.15, -0.1) is 0 Å². The van der Waals surface area contributed by atoms with Gasteiger partial charge in [-0.2, -0.15) is 13.2 Å². The number of nitrogens with zero attached hydrogens (tertiary/aromatic N) is 3. The largest absolute Gasteiger partial charge is 0.418 e. The van der Waals surface area contributed by atoms with E-state index in [0.717, 1.165) is 43.4 Å². The molecule has 172 valence electrons. The number of halogens is 3. The predicted molar refractivity (Wildman–Crippen MR) is 116 cm³/mol. The number of carbonyl (C=O) groups is 1. The van der Waals surface area contributed by atoms with E-state index >= 15 is 0 Å². The van der Waals surface area contributed by atoms with E-state index < -0.39 is 17.8 Å². The van der Waals surface area contributed by atoms with Gasteiger partial charge in [-0.25, -0.2) is 9.78 Å². The van der Waals surface area contributed by atoms with Crippen LogP contribution in [0.1, 0.15) is 24.0 Å². The van der Waals surface area contributed by atoms with Gasteiger partial charge >= 0.3 is 12.2 Å². The number of hydrogen-bond acceptors (Lipinski definition) is 5. The van der Waals surface area contributed by atoms with E-state index in [2.05, 4.69) is 20.5 Å². The lowest BCUT2D eigenvalue weighted by Gasteiger charge is -2.29. The summed E-state index contributed by atoms with van der Waals surface area (Å²) in [4.78, 5) is 20.7. The molecule has 4 rings (SSSR count). The van der Waals surface area contributed by atoms with Gasteiger partial charge in [-0.05, 0) is 42.7 Å². The van der Waals surface area contributed by atoms with Crippen LogP contribution < -0.4 is 20.4 Å². The molecule has 10 heteroatoms. The topological polar surface area (TPSA) is 69.7 Å². The van der Waals surface area contributed by atoms with Gasteiger partial charge in [0.05, 0.1) is 24.5 Å². The van der Waals surface area contributed by atoms with Gasteiger partial charge in [0, 0.05) is 44.6 Å². The third-order valence-corrected chi connectivity index (χ3v) is 5.63. The molecule has 0 bridgehead atoms. The van der Waals surface area contributed by atoms with E-state index in [0.29, 0.717) is 32.0 Å². The fourth-order valence-corrected chi connectivity index (χ4v) is 3.90. The Bertz CT molecular complexity index is 924. The van der Waals surface area contributed by atoms with Crippen molar-refractivity contribution < 1.29 is 22.7 Å². The van der Waals surface area contributed by atoms with E-state index in [9.17, 15) is 18.0 Å². The third kappa shape index (κ3) is 5.42. The fourth-order valence-electron chi connectivity index (χ4n) is 3.90. The molecule has 2 saturated heterocycles. The molecule has 1 aromatic heterocycles. The summed E-state index contributed by atoms with van der Waals surface area (Å²) in [6.45, 7) is 4.11. The van der Waals surface area contributed by atoms with Crippen LogP contribution in [0.3, 0.4) is 0 Å². The van der Waals surface area contributed by atoms with Crippen molar-refractivity contribution in [3.8, 4) is 0 Å². The number of anilines is 3. The molecule has 7 nitrogen and oxygen atoms in total. The summed E-state index contributed by atoms with van der Waals surface area (Å²) in [5.41, 5.74) is 0.0559. The molecule has 0 saturated carbocycles. The Morgan fingerprint density at radius 1 is 1.03 bits per heavy atom. The summed E-state index contributed by atoms with van der Waals surface area (Å²) in [6.07, 6.45) is -0.622. The molecule has 1 aromatic carbocycles. The fraction of sp³-hybridized carbons (Fsp3) is 0.455. The first-order valence-corrected chi connectivity index (χ1v) is 10.7. The van der Waals surface area contributed by atoms with Crippen molar-refractivity contribution >= 4 is 23.2 Å². The number of alkyl halides is 3. The summed E-state index contributed by atoms with van der Waals surface area (Å²) in [5.74, 6) is 0.894. The zero-order valence-electron chi connectivity index (χ0n) is 17.6. The summed E-state index contributed by atoms with van der Waals surface area (Å²) in [6, 6.07) is 6.99. The number of pyridine rings is 1. The number of urea groups is 1. The summed E-state index contributed by atoms with van der Waals surface area (Å²) < 4.78 is 46.2. The minimum Gasteiger partial charge on any atom is -0.378 e. The highest BCUT2D eigenvalue weighted by Crippen LogP contribution is 2.37. The molecule has 0 atom stereocenters. The maximum atomic E-state index is 13.6. The first-order valence-electron chi connectivity index (χ1n) is 10.7. The maximum Gasteiger partial charge on any atom is 0.418 e. The van der Waals surface area contributed by atoms with Crippen LogP contribution in [-0.4, -0.2) is 50.4 Å². The number of carbonyl (C=O) groups excluding carboxylic acids is 1. The SMILES string of the molecule is O=C(NCc1ccc(N2CCCC2)nc1)Nc1ccc(N2CCOCC2)cc1C(F)(F)F. The zero-order chi connectivity index (χ0) is 22.6. The molecule has 32 heavy (non-hydrogen) atoms.